The molecule has 4 rings (SSSR count). The van der Waals surface area contributed by atoms with E-state index in [9.17, 15) is 9.18 Å². The summed E-state index contributed by atoms with van der Waals surface area (Å²) in [6.45, 7) is 0. The number of carbonyl (C=O) groups is 1. The van der Waals surface area contributed by atoms with Crippen LogP contribution < -0.4 is 5.32 Å². The van der Waals surface area contributed by atoms with Gasteiger partial charge in [-0.2, -0.15) is 0 Å². The Bertz CT molecular complexity index is 870. The summed E-state index contributed by atoms with van der Waals surface area (Å²) in [4.78, 5) is 12.2. The minimum Gasteiger partial charge on any atom is -0.451 e. The molecule has 1 aliphatic carbocycles. The Balaban J connectivity index is 1.51. The number of anilines is 1. The molecule has 1 aliphatic rings. The molecule has 1 aromatic carbocycles. The van der Waals surface area contributed by atoms with Gasteiger partial charge in [0.2, 0.25) is 5.13 Å². The van der Waals surface area contributed by atoms with Crippen LogP contribution in [0.4, 0.5) is 9.52 Å². The molecule has 0 saturated heterocycles. The van der Waals surface area contributed by atoms with Gasteiger partial charge in [0.15, 0.2) is 5.76 Å². The Morgan fingerprint density at radius 2 is 2.04 bits per heavy atom. The molecule has 0 atom stereocenters. The number of furan rings is 1. The summed E-state index contributed by atoms with van der Waals surface area (Å²) in [6, 6.07) is 9.34. The Labute approximate surface area is 135 Å². The van der Waals surface area contributed by atoms with Gasteiger partial charge >= 0.3 is 0 Å². The molecule has 1 amide bonds. The maximum atomic E-state index is 13.7. The molecular formula is C16H12FN3O2S. The van der Waals surface area contributed by atoms with Gasteiger partial charge in [-0.05, 0) is 37.1 Å². The minimum absolute atomic E-state index is 0.103. The quantitative estimate of drug-likeness (QED) is 0.783. The van der Waals surface area contributed by atoms with Gasteiger partial charge in [-0.25, -0.2) is 4.39 Å². The molecule has 0 aliphatic heterocycles. The van der Waals surface area contributed by atoms with Crippen LogP contribution in [0.2, 0.25) is 0 Å². The SMILES string of the molecule is O=C(Nc1nnc(C2CC2)s1)c1ccc(-c2ccccc2F)o1. The Morgan fingerprint density at radius 1 is 1.22 bits per heavy atom. The van der Waals surface area contributed by atoms with Gasteiger partial charge in [-0.1, -0.05) is 23.5 Å². The third-order valence-corrected chi connectivity index (χ3v) is 4.56. The molecular weight excluding hydrogens is 317 g/mol. The smallest absolute Gasteiger partial charge is 0.293 e. The van der Waals surface area contributed by atoms with Crippen molar-refractivity contribution in [3.8, 4) is 11.3 Å². The summed E-state index contributed by atoms with van der Waals surface area (Å²) in [6.07, 6.45) is 2.26. The van der Waals surface area contributed by atoms with Crippen LogP contribution in [0.1, 0.15) is 34.3 Å². The first kappa shape index (κ1) is 14.1. The highest BCUT2D eigenvalue weighted by Gasteiger charge is 2.28. The fraction of sp³-hybridized carbons (Fsp3) is 0.188. The lowest BCUT2D eigenvalue weighted by molar-refractivity contribution is 0.0997. The lowest BCUT2D eigenvalue weighted by Gasteiger charge is -1.99. The number of hydrogen-bond donors (Lipinski definition) is 1. The van der Waals surface area contributed by atoms with E-state index in [1.165, 1.54) is 23.5 Å². The molecule has 116 valence electrons. The van der Waals surface area contributed by atoms with Crippen LogP contribution in [0.5, 0.6) is 0 Å². The number of carbonyl (C=O) groups excluding carboxylic acids is 1. The predicted molar refractivity (Wildman–Crippen MR) is 83.9 cm³/mol. The largest absolute Gasteiger partial charge is 0.451 e. The van der Waals surface area contributed by atoms with Gasteiger partial charge in [0.05, 0.1) is 5.56 Å². The van der Waals surface area contributed by atoms with Crippen LogP contribution in [0.3, 0.4) is 0 Å². The molecule has 0 spiro atoms. The lowest BCUT2D eigenvalue weighted by Crippen LogP contribution is -2.10. The first-order valence-electron chi connectivity index (χ1n) is 7.20. The summed E-state index contributed by atoms with van der Waals surface area (Å²) in [5.74, 6) is 0.0862. The molecule has 23 heavy (non-hydrogen) atoms. The van der Waals surface area contributed by atoms with Crippen molar-refractivity contribution in [3.05, 3.63) is 53.0 Å². The Hall–Kier alpha value is -2.54. The zero-order valence-corrected chi connectivity index (χ0v) is 12.8. The van der Waals surface area contributed by atoms with E-state index in [0.29, 0.717) is 22.4 Å². The molecule has 0 unspecified atom stereocenters. The fourth-order valence-corrected chi connectivity index (χ4v) is 3.11. The minimum atomic E-state index is -0.425. The zero-order valence-electron chi connectivity index (χ0n) is 12.0. The monoisotopic (exact) mass is 329 g/mol. The van der Waals surface area contributed by atoms with Gasteiger partial charge in [-0.15, -0.1) is 10.2 Å². The normalized spacial score (nSPS) is 14.0. The second-order valence-corrected chi connectivity index (χ2v) is 6.33. The van der Waals surface area contributed by atoms with E-state index in [2.05, 4.69) is 15.5 Å². The summed E-state index contributed by atoms with van der Waals surface area (Å²) in [5, 5.41) is 12.1. The van der Waals surface area contributed by atoms with E-state index >= 15 is 0 Å². The van der Waals surface area contributed by atoms with Crippen molar-refractivity contribution in [2.45, 2.75) is 18.8 Å². The Morgan fingerprint density at radius 3 is 2.83 bits per heavy atom. The van der Waals surface area contributed by atoms with Gasteiger partial charge in [0.1, 0.15) is 16.6 Å². The van der Waals surface area contributed by atoms with Crippen molar-refractivity contribution in [3.63, 3.8) is 0 Å². The number of benzene rings is 1. The second-order valence-electron chi connectivity index (χ2n) is 5.32. The van der Waals surface area contributed by atoms with Crippen molar-refractivity contribution in [1.29, 1.82) is 0 Å². The highest BCUT2D eigenvalue weighted by molar-refractivity contribution is 7.15. The summed E-state index contributed by atoms with van der Waals surface area (Å²) in [5.41, 5.74) is 0.318. The molecule has 3 aromatic rings. The van der Waals surface area contributed by atoms with Gasteiger partial charge in [0.25, 0.3) is 5.91 Å². The molecule has 5 nitrogen and oxygen atoms in total. The van der Waals surface area contributed by atoms with Crippen LogP contribution in [0.25, 0.3) is 11.3 Å². The summed E-state index contributed by atoms with van der Waals surface area (Å²) >= 11 is 1.38. The topological polar surface area (TPSA) is 68.0 Å². The molecule has 2 heterocycles. The molecule has 1 fully saturated rings. The maximum absolute atomic E-state index is 13.7. The number of nitrogens with zero attached hydrogens (tertiary/aromatic N) is 2. The van der Waals surface area contributed by atoms with E-state index in [4.69, 9.17) is 4.42 Å². The van der Waals surface area contributed by atoms with Crippen molar-refractivity contribution in [2.24, 2.45) is 0 Å². The van der Waals surface area contributed by atoms with Crippen molar-refractivity contribution >= 4 is 22.4 Å². The van der Waals surface area contributed by atoms with E-state index in [-0.39, 0.29) is 5.76 Å². The molecule has 1 N–H and O–H groups in total. The van der Waals surface area contributed by atoms with Gasteiger partial charge < -0.3 is 4.42 Å². The second kappa shape index (κ2) is 5.58. The number of rotatable bonds is 4. The van der Waals surface area contributed by atoms with Crippen LogP contribution >= 0.6 is 11.3 Å². The first-order chi connectivity index (χ1) is 11.2. The fourth-order valence-electron chi connectivity index (χ4n) is 2.20. The number of aromatic nitrogens is 2. The van der Waals surface area contributed by atoms with Gasteiger partial charge in [0, 0.05) is 5.92 Å². The lowest BCUT2D eigenvalue weighted by atomic mass is 10.1. The van der Waals surface area contributed by atoms with Crippen molar-refractivity contribution in [2.75, 3.05) is 5.32 Å². The average Bonchev–Trinajstić information content (AvgIpc) is 3.09. The predicted octanol–water partition coefficient (Wildman–Crippen LogP) is 4.07. The van der Waals surface area contributed by atoms with Crippen LogP contribution in [0, 0.1) is 5.82 Å². The van der Waals surface area contributed by atoms with Gasteiger partial charge in [-0.3, -0.25) is 10.1 Å². The molecule has 7 heteroatoms. The number of nitrogens with one attached hydrogen (secondary N) is 1. The highest BCUT2D eigenvalue weighted by Crippen LogP contribution is 2.42. The van der Waals surface area contributed by atoms with Crippen LogP contribution in [-0.4, -0.2) is 16.1 Å². The van der Waals surface area contributed by atoms with E-state index in [0.717, 1.165) is 17.8 Å². The number of halogens is 1. The van der Waals surface area contributed by atoms with Crippen molar-refractivity contribution < 1.29 is 13.6 Å². The van der Waals surface area contributed by atoms with E-state index < -0.39 is 11.7 Å². The maximum Gasteiger partial charge on any atom is 0.293 e. The number of amides is 1. The summed E-state index contributed by atoms with van der Waals surface area (Å²) in [7, 11) is 0. The standard InChI is InChI=1S/C16H12FN3O2S/c17-11-4-2-1-3-10(11)12-7-8-13(22-12)14(21)18-16-20-19-15(23-16)9-5-6-9/h1-4,7-9H,5-6H2,(H,18,20,21). The highest BCUT2D eigenvalue weighted by atomic mass is 32.1. The van der Waals surface area contributed by atoms with Crippen molar-refractivity contribution in [1.82, 2.24) is 10.2 Å². The third-order valence-electron chi connectivity index (χ3n) is 3.56. The molecule has 0 radical (unpaired) electrons. The molecule has 2 aromatic heterocycles. The Kier molecular flexibility index (Phi) is 3.42. The summed E-state index contributed by atoms with van der Waals surface area (Å²) < 4.78 is 19.2. The first-order valence-corrected chi connectivity index (χ1v) is 8.02. The van der Waals surface area contributed by atoms with E-state index in [1.54, 1.807) is 24.3 Å². The van der Waals surface area contributed by atoms with Crippen LogP contribution in [-0.2, 0) is 0 Å². The van der Waals surface area contributed by atoms with E-state index in [1.807, 2.05) is 0 Å². The molecule has 1 saturated carbocycles. The molecule has 0 bridgehead atoms. The zero-order chi connectivity index (χ0) is 15.8. The average molecular weight is 329 g/mol. The number of hydrogen-bond acceptors (Lipinski definition) is 5. The third kappa shape index (κ3) is 2.87. The van der Waals surface area contributed by atoms with Crippen LogP contribution in [0.15, 0.2) is 40.8 Å².